The molecule has 1 N–H and O–H groups in total. The van der Waals surface area contributed by atoms with Gasteiger partial charge in [0.2, 0.25) is 0 Å². The molecule has 0 unspecified atom stereocenters. The highest BCUT2D eigenvalue weighted by Gasteiger charge is 2.27. The van der Waals surface area contributed by atoms with Crippen LogP contribution in [0.25, 0.3) is 0 Å². The summed E-state index contributed by atoms with van der Waals surface area (Å²) in [4.78, 5) is 3.54. The van der Waals surface area contributed by atoms with E-state index in [1.807, 2.05) is 0 Å². The van der Waals surface area contributed by atoms with E-state index in [9.17, 15) is 13.2 Å². The minimum Gasteiger partial charge on any atom is -0.450 e. The van der Waals surface area contributed by atoms with Gasteiger partial charge in [0, 0.05) is 0 Å². The van der Waals surface area contributed by atoms with E-state index >= 15 is 0 Å². The molecule has 1 aromatic rings. The van der Waals surface area contributed by atoms with Gasteiger partial charge in [-0.1, -0.05) is 0 Å². The summed E-state index contributed by atoms with van der Waals surface area (Å²) in [5.74, 6) is 0. The van der Waals surface area contributed by atoms with Crippen molar-refractivity contribution in [2.75, 3.05) is 6.61 Å². The van der Waals surface area contributed by atoms with Gasteiger partial charge >= 0.3 is 12.3 Å². The molecule has 1 aromatic heterocycles. The molecule has 1 heterocycles. The van der Waals surface area contributed by atoms with Crippen LogP contribution in [0, 0.1) is 0 Å². The lowest BCUT2D eigenvalue weighted by Gasteiger charge is -2.04. The first-order valence-corrected chi connectivity index (χ1v) is 3.76. The summed E-state index contributed by atoms with van der Waals surface area (Å²) < 4.78 is 44.1. The van der Waals surface area contributed by atoms with Gasteiger partial charge in [-0.25, -0.2) is 0 Å². The highest BCUT2D eigenvalue weighted by molar-refractivity contribution is 4.97. The second-order valence-corrected chi connectivity index (χ2v) is 2.48. The first kappa shape index (κ1) is 10.8. The van der Waals surface area contributed by atoms with Crippen molar-refractivity contribution in [3.63, 3.8) is 0 Å². The molecular weight excluding hydrogens is 203 g/mol. The van der Waals surface area contributed by atoms with Crippen LogP contribution >= 0.6 is 0 Å². The standard InChI is InChI=1S/C7H8F3NO3/c8-7(9,10)1-2-13-6-11-5(3-12)4-14-6/h4,12H,1-3H2. The van der Waals surface area contributed by atoms with Gasteiger partial charge in [-0.15, -0.1) is 0 Å². The fraction of sp³-hybridized carbons (Fsp3) is 0.571. The molecule has 0 radical (unpaired) electrons. The Kier molecular flexibility index (Phi) is 3.34. The Labute approximate surface area is 77.3 Å². The molecule has 80 valence electrons. The second-order valence-electron chi connectivity index (χ2n) is 2.48. The molecule has 0 bridgehead atoms. The number of ether oxygens (including phenoxy) is 1. The maximum atomic E-state index is 11.7. The van der Waals surface area contributed by atoms with Gasteiger partial charge in [-0.3, -0.25) is 0 Å². The van der Waals surface area contributed by atoms with E-state index in [1.165, 1.54) is 0 Å². The maximum absolute atomic E-state index is 11.7. The Morgan fingerprint density at radius 2 is 2.21 bits per heavy atom. The Morgan fingerprint density at radius 3 is 2.71 bits per heavy atom. The number of oxazole rings is 1. The van der Waals surface area contributed by atoms with Crippen molar-refractivity contribution in [1.29, 1.82) is 0 Å². The molecule has 0 fully saturated rings. The van der Waals surface area contributed by atoms with Crippen LogP contribution in [0.3, 0.4) is 0 Å². The number of halogens is 3. The summed E-state index contributed by atoms with van der Waals surface area (Å²) in [5, 5.41) is 8.55. The first-order valence-electron chi connectivity index (χ1n) is 3.76. The minimum atomic E-state index is -4.26. The molecule has 1 rings (SSSR count). The van der Waals surface area contributed by atoms with Crippen LogP contribution in [0.1, 0.15) is 12.1 Å². The van der Waals surface area contributed by atoms with Crippen LogP contribution in [0.4, 0.5) is 13.2 Å². The van der Waals surface area contributed by atoms with Gasteiger partial charge in [0.25, 0.3) is 0 Å². The van der Waals surface area contributed by atoms with Gasteiger partial charge in [-0.2, -0.15) is 18.2 Å². The third-order valence-electron chi connectivity index (χ3n) is 1.30. The van der Waals surface area contributed by atoms with E-state index < -0.39 is 19.2 Å². The van der Waals surface area contributed by atoms with Crippen LogP contribution in [-0.2, 0) is 6.61 Å². The smallest absolute Gasteiger partial charge is 0.393 e. The molecule has 0 spiro atoms. The summed E-state index contributed by atoms with van der Waals surface area (Å²) in [6.45, 7) is -0.888. The molecule has 7 heteroatoms. The van der Waals surface area contributed by atoms with Crippen molar-refractivity contribution >= 4 is 0 Å². The van der Waals surface area contributed by atoms with E-state index in [0.29, 0.717) is 0 Å². The molecule has 14 heavy (non-hydrogen) atoms. The fourth-order valence-electron chi connectivity index (χ4n) is 0.681. The first-order chi connectivity index (χ1) is 6.51. The van der Waals surface area contributed by atoms with Gasteiger partial charge in [0.15, 0.2) is 0 Å². The number of aromatic nitrogens is 1. The maximum Gasteiger partial charge on any atom is 0.393 e. The Bertz CT molecular complexity index is 284. The molecule has 0 aliphatic rings. The third kappa shape index (κ3) is 3.65. The van der Waals surface area contributed by atoms with Gasteiger partial charge < -0.3 is 14.3 Å². The lowest BCUT2D eigenvalue weighted by atomic mass is 10.4. The summed E-state index contributed by atoms with van der Waals surface area (Å²) in [6, 6.07) is 0. The van der Waals surface area contributed by atoms with E-state index in [1.54, 1.807) is 0 Å². The van der Waals surface area contributed by atoms with Crippen molar-refractivity contribution in [3.05, 3.63) is 12.0 Å². The normalized spacial score (nSPS) is 11.7. The second kappa shape index (κ2) is 4.32. The molecule has 4 nitrogen and oxygen atoms in total. The quantitative estimate of drug-likeness (QED) is 0.819. The number of hydrogen-bond acceptors (Lipinski definition) is 4. The van der Waals surface area contributed by atoms with Crippen LogP contribution in [0.5, 0.6) is 6.08 Å². The van der Waals surface area contributed by atoms with Crippen molar-refractivity contribution in [2.45, 2.75) is 19.2 Å². The van der Waals surface area contributed by atoms with Crippen LogP contribution in [0.15, 0.2) is 10.7 Å². The van der Waals surface area contributed by atoms with E-state index in [0.717, 1.165) is 6.26 Å². The summed E-state index contributed by atoms with van der Waals surface area (Å²) >= 11 is 0. The minimum absolute atomic E-state index is 0.215. The summed E-state index contributed by atoms with van der Waals surface area (Å²) in [5.41, 5.74) is 0.215. The highest BCUT2D eigenvalue weighted by Crippen LogP contribution is 2.20. The van der Waals surface area contributed by atoms with Crippen LogP contribution in [0.2, 0.25) is 0 Å². The molecular formula is C7H8F3NO3. The average molecular weight is 211 g/mol. The topological polar surface area (TPSA) is 55.5 Å². The van der Waals surface area contributed by atoms with Crippen molar-refractivity contribution in [1.82, 2.24) is 4.98 Å². The van der Waals surface area contributed by atoms with E-state index in [-0.39, 0.29) is 18.4 Å². The monoisotopic (exact) mass is 211 g/mol. The predicted octanol–water partition coefficient (Wildman–Crippen LogP) is 1.50. The summed E-state index contributed by atoms with van der Waals surface area (Å²) in [7, 11) is 0. The fourth-order valence-corrected chi connectivity index (χ4v) is 0.681. The number of nitrogens with zero attached hydrogens (tertiary/aromatic N) is 1. The number of alkyl halides is 3. The molecule has 0 aliphatic carbocycles. The van der Waals surface area contributed by atoms with Gasteiger partial charge in [-0.05, 0) is 0 Å². The SMILES string of the molecule is OCc1coc(OCCC(F)(F)F)n1. The Balaban J connectivity index is 2.31. The lowest BCUT2D eigenvalue weighted by molar-refractivity contribution is -0.140. The number of rotatable bonds is 4. The lowest BCUT2D eigenvalue weighted by Crippen LogP contribution is -2.13. The summed E-state index contributed by atoms with van der Waals surface area (Å²) in [6.07, 6.45) is -4.47. The molecule has 0 aliphatic heterocycles. The van der Waals surface area contributed by atoms with E-state index in [4.69, 9.17) is 5.11 Å². The largest absolute Gasteiger partial charge is 0.450 e. The van der Waals surface area contributed by atoms with Crippen LogP contribution in [-0.4, -0.2) is 22.9 Å². The zero-order valence-electron chi connectivity index (χ0n) is 7.04. The molecule has 0 amide bonds. The third-order valence-corrected chi connectivity index (χ3v) is 1.30. The molecule has 0 saturated carbocycles. The molecule has 0 saturated heterocycles. The highest BCUT2D eigenvalue weighted by atomic mass is 19.4. The number of aliphatic hydroxyl groups excluding tert-OH is 1. The number of hydrogen-bond donors (Lipinski definition) is 1. The van der Waals surface area contributed by atoms with Gasteiger partial charge in [0.1, 0.15) is 18.6 Å². The Hall–Kier alpha value is -1.24. The van der Waals surface area contributed by atoms with Crippen molar-refractivity contribution in [2.24, 2.45) is 0 Å². The van der Waals surface area contributed by atoms with Gasteiger partial charge in [0.05, 0.1) is 13.0 Å². The zero-order valence-corrected chi connectivity index (χ0v) is 7.04. The Morgan fingerprint density at radius 1 is 1.50 bits per heavy atom. The predicted molar refractivity (Wildman–Crippen MR) is 38.6 cm³/mol. The molecule has 0 atom stereocenters. The van der Waals surface area contributed by atoms with Crippen molar-refractivity contribution < 1.29 is 27.4 Å². The van der Waals surface area contributed by atoms with Crippen molar-refractivity contribution in [3.8, 4) is 6.08 Å². The van der Waals surface area contributed by atoms with Crippen LogP contribution < -0.4 is 4.74 Å². The molecule has 0 aromatic carbocycles. The average Bonchev–Trinajstić information content (AvgIpc) is 2.50. The zero-order chi connectivity index (χ0) is 10.6. The number of aliphatic hydroxyl groups is 1. The van der Waals surface area contributed by atoms with E-state index in [2.05, 4.69) is 14.1 Å².